The van der Waals surface area contributed by atoms with Crippen molar-refractivity contribution in [1.29, 1.82) is 0 Å². The fraction of sp³-hybridized carbons (Fsp3) is 0.400. The average Bonchev–Trinajstić information content (AvgIpc) is 2.07. The van der Waals surface area contributed by atoms with E-state index >= 15 is 0 Å². The minimum Gasteiger partial charge on any atom is -0.493 e. The highest BCUT2D eigenvalue weighted by Gasteiger charge is 2.22. The Kier molecular flexibility index (Phi) is 3.17. The maximum absolute atomic E-state index is 13.6. The topological polar surface area (TPSA) is 35.2 Å². The zero-order valence-corrected chi connectivity index (χ0v) is 9.98. The molecule has 4 heteroatoms. The highest BCUT2D eigenvalue weighted by molar-refractivity contribution is 9.10. The molecule has 0 spiro atoms. The van der Waals surface area contributed by atoms with Crippen LogP contribution in [0, 0.1) is 5.82 Å². The molecule has 14 heavy (non-hydrogen) atoms. The third-order valence-corrected chi connectivity index (χ3v) is 2.56. The molecule has 0 fully saturated rings. The Morgan fingerprint density at radius 3 is 2.43 bits per heavy atom. The van der Waals surface area contributed by atoms with Gasteiger partial charge < -0.3 is 10.5 Å². The number of hydrogen-bond donors (Lipinski definition) is 1. The molecule has 0 saturated carbocycles. The van der Waals surface area contributed by atoms with Crippen LogP contribution in [-0.4, -0.2) is 7.11 Å². The summed E-state index contributed by atoms with van der Waals surface area (Å²) in [6, 6.07) is 3.38. The molecule has 2 nitrogen and oxygen atoms in total. The van der Waals surface area contributed by atoms with E-state index in [1.54, 1.807) is 26.0 Å². The first-order valence-corrected chi connectivity index (χ1v) is 4.98. The Morgan fingerprint density at radius 2 is 2.00 bits per heavy atom. The molecule has 0 bridgehead atoms. The van der Waals surface area contributed by atoms with E-state index in [0.29, 0.717) is 10.0 Å². The van der Waals surface area contributed by atoms with Crippen LogP contribution in [0.4, 0.5) is 4.39 Å². The van der Waals surface area contributed by atoms with Crippen LogP contribution >= 0.6 is 15.9 Å². The van der Waals surface area contributed by atoms with Gasteiger partial charge in [-0.15, -0.1) is 0 Å². The number of rotatable bonds is 2. The van der Waals surface area contributed by atoms with E-state index in [0.717, 1.165) is 0 Å². The molecule has 0 atom stereocenters. The smallest absolute Gasteiger partial charge is 0.179 e. The van der Waals surface area contributed by atoms with Gasteiger partial charge in [0.25, 0.3) is 0 Å². The molecule has 0 amide bonds. The molecule has 1 aromatic rings. The van der Waals surface area contributed by atoms with E-state index in [1.807, 2.05) is 0 Å². The van der Waals surface area contributed by atoms with Gasteiger partial charge in [-0.2, -0.15) is 0 Å². The summed E-state index contributed by atoms with van der Waals surface area (Å²) < 4.78 is 18.9. The van der Waals surface area contributed by atoms with Gasteiger partial charge >= 0.3 is 0 Å². The van der Waals surface area contributed by atoms with E-state index in [2.05, 4.69) is 15.9 Å². The van der Waals surface area contributed by atoms with Gasteiger partial charge in [0.1, 0.15) is 0 Å². The van der Waals surface area contributed by atoms with Crippen molar-refractivity contribution in [3.05, 3.63) is 28.0 Å². The molecule has 0 aliphatic heterocycles. The third kappa shape index (κ3) is 2.07. The summed E-state index contributed by atoms with van der Waals surface area (Å²) in [6.07, 6.45) is 0. The molecule has 2 N–H and O–H groups in total. The van der Waals surface area contributed by atoms with Crippen molar-refractivity contribution in [1.82, 2.24) is 0 Å². The maximum Gasteiger partial charge on any atom is 0.179 e. The molecule has 0 unspecified atom stereocenters. The summed E-state index contributed by atoms with van der Waals surface area (Å²) in [5.41, 5.74) is 5.93. The van der Waals surface area contributed by atoms with Crippen LogP contribution in [0.1, 0.15) is 19.4 Å². The molecule has 0 aliphatic carbocycles. The first kappa shape index (κ1) is 11.5. The number of methoxy groups -OCH3 is 1. The van der Waals surface area contributed by atoms with Crippen LogP contribution in [0.25, 0.3) is 0 Å². The van der Waals surface area contributed by atoms with Crippen molar-refractivity contribution in [3.63, 3.8) is 0 Å². The van der Waals surface area contributed by atoms with Crippen molar-refractivity contribution in [3.8, 4) is 5.75 Å². The SMILES string of the molecule is COc1c(C(C)(C)N)ccc(Br)c1F. The Hall–Kier alpha value is -0.610. The Bertz CT molecular complexity index is 347. The molecule has 0 saturated heterocycles. The van der Waals surface area contributed by atoms with Crippen LogP contribution in [-0.2, 0) is 5.54 Å². The number of hydrogen-bond acceptors (Lipinski definition) is 2. The van der Waals surface area contributed by atoms with Crippen LogP contribution in [0.2, 0.25) is 0 Å². The van der Waals surface area contributed by atoms with E-state index in [9.17, 15) is 4.39 Å². The lowest BCUT2D eigenvalue weighted by molar-refractivity contribution is 0.367. The van der Waals surface area contributed by atoms with Crippen LogP contribution in [0.15, 0.2) is 16.6 Å². The first-order chi connectivity index (χ1) is 6.38. The first-order valence-electron chi connectivity index (χ1n) is 4.19. The number of benzene rings is 1. The monoisotopic (exact) mass is 261 g/mol. The van der Waals surface area contributed by atoms with Gasteiger partial charge in [-0.05, 0) is 35.8 Å². The summed E-state index contributed by atoms with van der Waals surface area (Å²) >= 11 is 3.09. The highest BCUT2D eigenvalue weighted by atomic mass is 79.9. The van der Waals surface area contributed by atoms with E-state index in [-0.39, 0.29) is 5.75 Å². The van der Waals surface area contributed by atoms with Gasteiger partial charge in [-0.1, -0.05) is 6.07 Å². The zero-order valence-electron chi connectivity index (χ0n) is 8.40. The summed E-state index contributed by atoms with van der Waals surface area (Å²) in [7, 11) is 1.43. The van der Waals surface area contributed by atoms with Crippen molar-refractivity contribution >= 4 is 15.9 Å². The lowest BCUT2D eigenvalue weighted by Crippen LogP contribution is -2.29. The van der Waals surface area contributed by atoms with Gasteiger partial charge in [0.05, 0.1) is 11.6 Å². The van der Waals surface area contributed by atoms with E-state index in [4.69, 9.17) is 10.5 Å². The molecule has 0 aromatic heterocycles. The molecule has 0 aliphatic rings. The average molecular weight is 262 g/mol. The quantitative estimate of drug-likeness (QED) is 0.889. The lowest BCUT2D eigenvalue weighted by atomic mass is 9.94. The minimum atomic E-state index is -0.618. The molecular formula is C10H13BrFNO. The molecule has 1 aromatic carbocycles. The zero-order chi connectivity index (χ0) is 10.9. The molecular weight excluding hydrogens is 249 g/mol. The minimum absolute atomic E-state index is 0.201. The Balaban J connectivity index is 3.39. The van der Waals surface area contributed by atoms with E-state index in [1.165, 1.54) is 7.11 Å². The fourth-order valence-electron chi connectivity index (χ4n) is 1.24. The predicted molar refractivity (Wildman–Crippen MR) is 57.9 cm³/mol. The summed E-state index contributed by atoms with van der Waals surface area (Å²) in [5, 5.41) is 0. The second-order valence-corrected chi connectivity index (χ2v) is 4.52. The molecule has 0 radical (unpaired) electrons. The number of halogens is 2. The van der Waals surface area contributed by atoms with Gasteiger partial charge in [-0.25, -0.2) is 4.39 Å². The maximum atomic E-state index is 13.6. The summed E-state index contributed by atoms with van der Waals surface area (Å²) in [4.78, 5) is 0. The third-order valence-electron chi connectivity index (χ3n) is 1.95. The van der Waals surface area contributed by atoms with Gasteiger partial charge in [0.15, 0.2) is 11.6 Å². The Morgan fingerprint density at radius 1 is 1.43 bits per heavy atom. The number of ether oxygens (including phenoxy) is 1. The highest BCUT2D eigenvalue weighted by Crippen LogP contribution is 2.34. The lowest BCUT2D eigenvalue weighted by Gasteiger charge is -2.22. The second kappa shape index (κ2) is 3.87. The standard InChI is InChI=1S/C10H13BrFNO/c1-10(2,13)6-4-5-7(11)8(12)9(6)14-3/h4-5H,13H2,1-3H3. The van der Waals surface area contributed by atoms with Crippen molar-refractivity contribution in [2.75, 3.05) is 7.11 Å². The number of nitrogens with two attached hydrogens (primary N) is 1. The van der Waals surface area contributed by atoms with Crippen LogP contribution < -0.4 is 10.5 Å². The van der Waals surface area contributed by atoms with Crippen LogP contribution in [0.3, 0.4) is 0 Å². The molecule has 0 heterocycles. The predicted octanol–water partition coefficient (Wildman–Crippen LogP) is 2.79. The molecule has 78 valence electrons. The summed E-state index contributed by atoms with van der Waals surface area (Å²) in [5.74, 6) is -0.213. The Labute approximate surface area is 91.4 Å². The van der Waals surface area contributed by atoms with Crippen molar-refractivity contribution in [2.45, 2.75) is 19.4 Å². The van der Waals surface area contributed by atoms with E-state index < -0.39 is 11.4 Å². The van der Waals surface area contributed by atoms with Gasteiger partial charge in [0.2, 0.25) is 0 Å². The summed E-state index contributed by atoms with van der Waals surface area (Å²) in [6.45, 7) is 3.61. The molecule has 1 rings (SSSR count). The van der Waals surface area contributed by atoms with Gasteiger partial charge in [0, 0.05) is 11.1 Å². The normalized spacial score (nSPS) is 11.6. The fourth-order valence-corrected chi connectivity index (χ4v) is 1.55. The largest absolute Gasteiger partial charge is 0.493 e. The van der Waals surface area contributed by atoms with Gasteiger partial charge in [-0.3, -0.25) is 0 Å². The second-order valence-electron chi connectivity index (χ2n) is 3.66. The van der Waals surface area contributed by atoms with Crippen LogP contribution in [0.5, 0.6) is 5.75 Å². The van der Waals surface area contributed by atoms with Crippen molar-refractivity contribution < 1.29 is 9.13 Å². The van der Waals surface area contributed by atoms with Crippen molar-refractivity contribution in [2.24, 2.45) is 5.73 Å².